The summed E-state index contributed by atoms with van der Waals surface area (Å²) in [5, 5.41) is 0. The summed E-state index contributed by atoms with van der Waals surface area (Å²) < 4.78 is 15.3. The monoisotopic (exact) mass is 205 g/mol. The first-order chi connectivity index (χ1) is 7.33. The van der Waals surface area contributed by atoms with Gasteiger partial charge in [0.15, 0.2) is 0 Å². The Labute approximate surface area is 87.4 Å². The topological polar surface area (TPSA) is 43.8 Å². The predicted octanol–water partition coefficient (Wildman–Crippen LogP) is 1.51. The number of hydrogen-bond donors (Lipinski definition) is 1. The van der Waals surface area contributed by atoms with Crippen molar-refractivity contribution in [3.8, 4) is 5.69 Å². The highest BCUT2D eigenvalue weighted by Gasteiger charge is 2.08. The number of rotatable bonds is 3. The zero-order chi connectivity index (χ0) is 10.7. The molecule has 2 aromatic rings. The zero-order valence-electron chi connectivity index (χ0n) is 8.23. The van der Waals surface area contributed by atoms with Gasteiger partial charge in [-0.05, 0) is 25.1 Å². The Morgan fingerprint density at radius 3 is 2.93 bits per heavy atom. The molecule has 15 heavy (non-hydrogen) atoms. The molecule has 0 aliphatic rings. The van der Waals surface area contributed by atoms with E-state index in [9.17, 15) is 4.39 Å². The fourth-order valence-electron chi connectivity index (χ4n) is 1.58. The zero-order valence-corrected chi connectivity index (χ0v) is 8.23. The van der Waals surface area contributed by atoms with Crippen molar-refractivity contribution in [3.05, 3.63) is 48.3 Å². The molecule has 2 rings (SSSR count). The van der Waals surface area contributed by atoms with Gasteiger partial charge in [0.05, 0.1) is 12.0 Å². The number of halogens is 1. The summed E-state index contributed by atoms with van der Waals surface area (Å²) >= 11 is 0. The molecule has 78 valence electrons. The number of nitrogens with two attached hydrogens (primary N) is 1. The lowest BCUT2D eigenvalue weighted by molar-refractivity contribution is 0.607. The van der Waals surface area contributed by atoms with Crippen LogP contribution in [0.15, 0.2) is 36.9 Å². The van der Waals surface area contributed by atoms with E-state index in [4.69, 9.17) is 5.73 Å². The number of hydrogen-bond acceptors (Lipinski definition) is 2. The van der Waals surface area contributed by atoms with Crippen LogP contribution in [0.2, 0.25) is 0 Å². The fraction of sp³-hybridized carbons (Fsp3) is 0.182. The summed E-state index contributed by atoms with van der Waals surface area (Å²) in [7, 11) is 0. The molecule has 0 radical (unpaired) electrons. The molecule has 0 spiro atoms. The van der Waals surface area contributed by atoms with E-state index in [-0.39, 0.29) is 5.82 Å². The molecule has 0 saturated heterocycles. The van der Waals surface area contributed by atoms with E-state index < -0.39 is 0 Å². The molecule has 0 saturated carbocycles. The van der Waals surface area contributed by atoms with E-state index in [0.29, 0.717) is 18.5 Å². The molecule has 0 bridgehead atoms. The van der Waals surface area contributed by atoms with Crippen LogP contribution in [0.25, 0.3) is 5.69 Å². The Balaban J connectivity index is 2.51. The van der Waals surface area contributed by atoms with Gasteiger partial charge in [0.25, 0.3) is 0 Å². The van der Waals surface area contributed by atoms with Crippen molar-refractivity contribution in [1.82, 2.24) is 9.55 Å². The minimum Gasteiger partial charge on any atom is -0.330 e. The van der Waals surface area contributed by atoms with Gasteiger partial charge in [0.2, 0.25) is 0 Å². The van der Waals surface area contributed by atoms with E-state index in [2.05, 4.69) is 4.98 Å². The average Bonchev–Trinajstić information content (AvgIpc) is 2.74. The maximum Gasteiger partial charge on any atom is 0.128 e. The maximum absolute atomic E-state index is 13.5. The van der Waals surface area contributed by atoms with Crippen LogP contribution in [0.3, 0.4) is 0 Å². The van der Waals surface area contributed by atoms with E-state index >= 15 is 0 Å². The molecule has 2 N–H and O–H groups in total. The molecule has 3 nitrogen and oxygen atoms in total. The minimum absolute atomic E-state index is 0.216. The van der Waals surface area contributed by atoms with Crippen molar-refractivity contribution in [2.24, 2.45) is 5.73 Å². The van der Waals surface area contributed by atoms with Crippen molar-refractivity contribution in [2.75, 3.05) is 6.54 Å². The first-order valence-electron chi connectivity index (χ1n) is 4.78. The molecule has 1 aromatic heterocycles. The van der Waals surface area contributed by atoms with Crippen LogP contribution in [-0.2, 0) is 6.42 Å². The second kappa shape index (κ2) is 4.23. The van der Waals surface area contributed by atoms with Crippen molar-refractivity contribution < 1.29 is 4.39 Å². The van der Waals surface area contributed by atoms with E-state index in [1.165, 1.54) is 6.07 Å². The standard InChI is InChI=1S/C11H12FN3/c12-10-2-1-3-11(9(10)4-5-13)15-7-6-14-8-15/h1-3,6-8H,4-5,13H2. The molecule has 0 amide bonds. The largest absolute Gasteiger partial charge is 0.330 e. The van der Waals surface area contributed by atoms with Crippen molar-refractivity contribution in [2.45, 2.75) is 6.42 Å². The van der Waals surface area contributed by atoms with Gasteiger partial charge in [-0.25, -0.2) is 9.37 Å². The van der Waals surface area contributed by atoms with Crippen molar-refractivity contribution in [1.29, 1.82) is 0 Å². The quantitative estimate of drug-likeness (QED) is 0.825. The highest BCUT2D eigenvalue weighted by Crippen LogP contribution is 2.17. The van der Waals surface area contributed by atoms with E-state index in [1.807, 2.05) is 6.07 Å². The molecule has 0 unspecified atom stereocenters. The van der Waals surface area contributed by atoms with Gasteiger partial charge in [-0.2, -0.15) is 0 Å². The van der Waals surface area contributed by atoms with Crippen LogP contribution in [0, 0.1) is 5.82 Å². The third-order valence-electron chi connectivity index (χ3n) is 2.27. The van der Waals surface area contributed by atoms with Crippen LogP contribution in [0.1, 0.15) is 5.56 Å². The Bertz CT molecular complexity index is 437. The number of benzene rings is 1. The number of aromatic nitrogens is 2. The first kappa shape index (κ1) is 9.86. The molecule has 1 aromatic carbocycles. The second-order valence-corrected chi connectivity index (χ2v) is 3.25. The predicted molar refractivity (Wildman–Crippen MR) is 56.3 cm³/mol. The Morgan fingerprint density at radius 1 is 1.40 bits per heavy atom. The normalized spacial score (nSPS) is 10.5. The van der Waals surface area contributed by atoms with Crippen LogP contribution in [0.4, 0.5) is 4.39 Å². The van der Waals surface area contributed by atoms with Gasteiger partial charge in [-0.1, -0.05) is 6.07 Å². The molecule has 0 aliphatic heterocycles. The van der Waals surface area contributed by atoms with Gasteiger partial charge in [-0.15, -0.1) is 0 Å². The Kier molecular flexibility index (Phi) is 2.78. The van der Waals surface area contributed by atoms with E-state index in [1.54, 1.807) is 29.4 Å². The smallest absolute Gasteiger partial charge is 0.128 e. The Morgan fingerprint density at radius 2 is 2.27 bits per heavy atom. The lowest BCUT2D eigenvalue weighted by Crippen LogP contribution is -2.08. The molecule has 0 fully saturated rings. The van der Waals surface area contributed by atoms with Crippen LogP contribution in [-0.4, -0.2) is 16.1 Å². The summed E-state index contributed by atoms with van der Waals surface area (Å²) in [6, 6.07) is 4.99. The summed E-state index contributed by atoms with van der Waals surface area (Å²) in [5.74, 6) is -0.216. The first-order valence-corrected chi connectivity index (χ1v) is 4.78. The van der Waals surface area contributed by atoms with Gasteiger partial charge in [0.1, 0.15) is 5.82 Å². The summed E-state index contributed by atoms with van der Waals surface area (Å²) in [6.45, 7) is 0.433. The van der Waals surface area contributed by atoms with Crippen LogP contribution >= 0.6 is 0 Å². The summed E-state index contributed by atoms with van der Waals surface area (Å²) in [5.41, 5.74) is 6.90. The highest BCUT2D eigenvalue weighted by molar-refractivity contribution is 5.42. The number of nitrogens with zero attached hydrogens (tertiary/aromatic N) is 2. The second-order valence-electron chi connectivity index (χ2n) is 3.25. The molecular formula is C11H12FN3. The Hall–Kier alpha value is -1.68. The van der Waals surface area contributed by atoms with Crippen molar-refractivity contribution in [3.63, 3.8) is 0 Å². The third kappa shape index (κ3) is 1.89. The molecule has 1 heterocycles. The lowest BCUT2D eigenvalue weighted by atomic mass is 10.1. The molecule has 0 aliphatic carbocycles. The number of imidazole rings is 1. The SMILES string of the molecule is NCCc1c(F)cccc1-n1ccnc1. The van der Waals surface area contributed by atoms with Crippen LogP contribution < -0.4 is 5.73 Å². The average molecular weight is 205 g/mol. The van der Waals surface area contributed by atoms with Crippen LogP contribution in [0.5, 0.6) is 0 Å². The van der Waals surface area contributed by atoms with Gasteiger partial charge < -0.3 is 10.3 Å². The molecule has 4 heteroatoms. The van der Waals surface area contributed by atoms with Crippen molar-refractivity contribution >= 4 is 0 Å². The minimum atomic E-state index is -0.216. The molecular weight excluding hydrogens is 193 g/mol. The van der Waals surface area contributed by atoms with Gasteiger partial charge in [-0.3, -0.25) is 0 Å². The van der Waals surface area contributed by atoms with Gasteiger partial charge in [0, 0.05) is 18.0 Å². The summed E-state index contributed by atoms with van der Waals surface area (Å²) in [4.78, 5) is 3.94. The summed E-state index contributed by atoms with van der Waals surface area (Å²) in [6.07, 6.45) is 5.63. The highest BCUT2D eigenvalue weighted by atomic mass is 19.1. The fourth-order valence-corrected chi connectivity index (χ4v) is 1.58. The maximum atomic E-state index is 13.5. The molecule has 0 atom stereocenters. The lowest BCUT2D eigenvalue weighted by Gasteiger charge is -2.09. The third-order valence-corrected chi connectivity index (χ3v) is 2.27. The van der Waals surface area contributed by atoms with Gasteiger partial charge >= 0.3 is 0 Å². The van der Waals surface area contributed by atoms with E-state index in [0.717, 1.165) is 5.69 Å².